The van der Waals surface area contributed by atoms with Crippen molar-refractivity contribution in [2.24, 2.45) is 5.73 Å². The highest BCUT2D eigenvalue weighted by Gasteiger charge is 2.14. The average molecular weight is 232 g/mol. The van der Waals surface area contributed by atoms with E-state index in [1.807, 2.05) is 13.8 Å². The number of nitrogens with zero attached hydrogens (tertiary/aromatic N) is 2. The van der Waals surface area contributed by atoms with Crippen molar-refractivity contribution in [2.75, 3.05) is 13.7 Å². The molecule has 5 nitrogen and oxygen atoms in total. The standard InChI is InChI=1S/C9H14ClN3O2/c1-9(2,11)5-15-7-6(10)4-12-8(13-7)14-3/h4H,5,11H2,1-3H3. The average Bonchev–Trinajstić information content (AvgIpc) is 2.15. The molecule has 0 amide bonds. The molecule has 1 aromatic heterocycles. The summed E-state index contributed by atoms with van der Waals surface area (Å²) < 4.78 is 10.2. The maximum absolute atomic E-state index is 5.84. The SMILES string of the molecule is COc1ncc(Cl)c(OCC(C)(C)N)n1. The van der Waals surface area contributed by atoms with Crippen molar-refractivity contribution in [3.8, 4) is 11.9 Å². The van der Waals surface area contributed by atoms with Gasteiger partial charge in [-0.3, -0.25) is 0 Å². The summed E-state index contributed by atoms with van der Waals surface area (Å²) in [6.07, 6.45) is 1.42. The molecule has 0 aliphatic carbocycles. The second-order valence-electron chi connectivity index (χ2n) is 3.79. The van der Waals surface area contributed by atoms with Crippen LogP contribution < -0.4 is 15.2 Å². The lowest BCUT2D eigenvalue weighted by Crippen LogP contribution is -2.38. The number of methoxy groups -OCH3 is 1. The zero-order chi connectivity index (χ0) is 11.5. The van der Waals surface area contributed by atoms with E-state index in [0.717, 1.165) is 0 Å². The Morgan fingerprint density at radius 2 is 2.20 bits per heavy atom. The summed E-state index contributed by atoms with van der Waals surface area (Å²) in [6.45, 7) is 4.01. The molecule has 1 rings (SSSR count). The first kappa shape index (κ1) is 12.0. The van der Waals surface area contributed by atoms with Gasteiger partial charge in [0, 0.05) is 5.54 Å². The highest BCUT2D eigenvalue weighted by Crippen LogP contribution is 2.23. The minimum absolute atomic E-state index is 0.212. The van der Waals surface area contributed by atoms with Gasteiger partial charge in [-0.2, -0.15) is 4.98 Å². The summed E-state index contributed by atoms with van der Waals surface area (Å²) in [7, 11) is 1.47. The van der Waals surface area contributed by atoms with Crippen molar-refractivity contribution in [3.63, 3.8) is 0 Å². The predicted octanol–water partition coefficient (Wildman–Crippen LogP) is 1.25. The summed E-state index contributed by atoms with van der Waals surface area (Å²) in [5.41, 5.74) is 5.32. The van der Waals surface area contributed by atoms with Gasteiger partial charge in [0.1, 0.15) is 11.6 Å². The van der Waals surface area contributed by atoms with Crippen molar-refractivity contribution >= 4 is 11.6 Å². The molecule has 15 heavy (non-hydrogen) atoms. The van der Waals surface area contributed by atoms with Crippen LogP contribution in [0.3, 0.4) is 0 Å². The van der Waals surface area contributed by atoms with Gasteiger partial charge in [-0.05, 0) is 13.8 Å². The smallest absolute Gasteiger partial charge is 0.319 e. The van der Waals surface area contributed by atoms with E-state index < -0.39 is 5.54 Å². The number of aromatic nitrogens is 2. The van der Waals surface area contributed by atoms with E-state index in [-0.39, 0.29) is 11.9 Å². The van der Waals surface area contributed by atoms with Crippen molar-refractivity contribution in [1.29, 1.82) is 0 Å². The van der Waals surface area contributed by atoms with Crippen LogP contribution in [0.5, 0.6) is 11.9 Å². The summed E-state index contributed by atoms with van der Waals surface area (Å²) in [5, 5.41) is 0.333. The lowest BCUT2D eigenvalue weighted by molar-refractivity contribution is 0.231. The first-order chi connectivity index (χ1) is 6.92. The van der Waals surface area contributed by atoms with Crippen LogP contribution in [0.4, 0.5) is 0 Å². The monoisotopic (exact) mass is 231 g/mol. The van der Waals surface area contributed by atoms with Gasteiger partial charge >= 0.3 is 6.01 Å². The van der Waals surface area contributed by atoms with Crippen LogP contribution in [0.15, 0.2) is 6.20 Å². The molecule has 2 N–H and O–H groups in total. The molecule has 0 saturated carbocycles. The molecule has 0 saturated heterocycles. The minimum Gasteiger partial charge on any atom is -0.475 e. The van der Waals surface area contributed by atoms with E-state index in [2.05, 4.69) is 9.97 Å². The maximum atomic E-state index is 5.84. The van der Waals surface area contributed by atoms with E-state index in [4.69, 9.17) is 26.8 Å². The Bertz CT molecular complexity index is 339. The largest absolute Gasteiger partial charge is 0.475 e. The Balaban J connectivity index is 2.75. The Hall–Kier alpha value is -1.07. The molecule has 0 aliphatic heterocycles. The van der Waals surface area contributed by atoms with Gasteiger partial charge in [-0.1, -0.05) is 11.6 Å². The molecule has 6 heteroatoms. The second kappa shape index (κ2) is 4.63. The van der Waals surface area contributed by atoms with Crippen molar-refractivity contribution in [1.82, 2.24) is 9.97 Å². The Kier molecular flexibility index (Phi) is 3.71. The highest BCUT2D eigenvalue weighted by molar-refractivity contribution is 6.31. The van der Waals surface area contributed by atoms with E-state index in [0.29, 0.717) is 11.6 Å². The summed E-state index contributed by atoms with van der Waals surface area (Å²) in [5.74, 6) is 0.280. The fraction of sp³-hybridized carbons (Fsp3) is 0.556. The topological polar surface area (TPSA) is 70.3 Å². The Morgan fingerprint density at radius 3 is 2.73 bits per heavy atom. The molecule has 0 aliphatic rings. The second-order valence-corrected chi connectivity index (χ2v) is 4.19. The van der Waals surface area contributed by atoms with Crippen LogP contribution in [-0.4, -0.2) is 29.2 Å². The first-order valence-electron chi connectivity index (χ1n) is 4.40. The van der Waals surface area contributed by atoms with Crippen molar-refractivity contribution in [3.05, 3.63) is 11.2 Å². The lowest BCUT2D eigenvalue weighted by atomic mass is 10.1. The third-order valence-corrected chi connectivity index (χ3v) is 1.71. The normalized spacial score (nSPS) is 11.3. The number of hydrogen-bond acceptors (Lipinski definition) is 5. The van der Waals surface area contributed by atoms with Crippen molar-refractivity contribution < 1.29 is 9.47 Å². The molecule has 0 fully saturated rings. The molecule has 1 heterocycles. The third-order valence-electron chi connectivity index (χ3n) is 1.45. The van der Waals surface area contributed by atoms with E-state index in [1.54, 1.807) is 0 Å². The van der Waals surface area contributed by atoms with Gasteiger partial charge in [-0.25, -0.2) is 4.98 Å². The molecule has 0 atom stereocenters. The lowest BCUT2D eigenvalue weighted by Gasteiger charge is -2.18. The summed E-state index contributed by atoms with van der Waals surface area (Å²) in [4.78, 5) is 7.78. The molecule has 1 aromatic rings. The molecule has 0 radical (unpaired) electrons. The van der Waals surface area contributed by atoms with Gasteiger partial charge in [0.2, 0.25) is 5.88 Å². The number of hydrogen-bond donors (Lipinski definition) is 1. The van der Waals surface area contributed by atoms with Crippen LogP contribution in [0.2, 0.25) is 5.02 Å². The quantitative estimate of drug-likeness (QED) is 0.845. The van der Waals surface area contributed by atoms with Gasteiger partial charge in [0.25, 0.3) is 0 Å². The molecule has 0 aromatic carbocycles. The van der Waals surface area contributed by atoms with Crippen LogP contribution in [0, 0.1) is 0 Å². The van der Waals surface area contributed by atoms with Gasteiger partial charge in [-0.15, -0.1) is 0 Å². The first-order valence-corrected chi connectivity index (χ1v) is 4.78. The minimum atomic E-state index is -0.443. The molecular formula is C9H14ClN3O2. The Labute approximate surface area is 93.6 Å². The highest BCUT2D eigenvalue weighted by atomic mass is 35.5. The van der Waals surface area contributed by atoms with Gasteiger partial charge in [0.15, 0.2) is 0 Å². The van der Waals surface area contributed by atoms with Crippen LogP contribution in [-0.2, 0) is 0 Å². The zero-order valence-corrected chi connectivity index (χ0v) is 9.71. The molecule has 0 unspecified atom stereocenters. The van der Waals surface area contributed by atoms with E-state index in [1.165, 1.54) is 13.3 Å². The van der Waals surface area contributed by atoms with Crippen molar-refractivity contribution in [2.45, 2.75) is 19.4 Å². The van der Waals surface area contributed by atoms with E-state index in [9.17, 15) is 0 Å². The fourth-order valence-electron chi connectivity index (χ4n) is 0.790. The third kappa shape index (κ3) is 3.89. The number of halogens is 1. The number of rotatable bonds is 4. The molecular weight excluding hydrogens is 218 g/mol. The summed E-state index contributed by atoms with van der Waals surface area (Å²) >= 11 is 5.84. The van der Waals surface area contributed by atoms with Crippen LogP contribution in [0.1, 0.15) is 13.8 Å². The van der Waals surface area contributed by atoms with Gasteiger partial charge < -0.3 is 15.2 Å². The van der Waals surface area contributed by atoms with Crippen LogP contribution in [0.25, 0.3) is 0 Å². The summed E-state index contributed by atoms with van der Waals surface area (Å²) in [6, 6.07) is 0.212. The molecule has 0 spiro atoms. The zero-order valence-electron chi connectivity index (χ0n) is 8.95. The molecule has 84 valence electrons. The number of ether oxygens (including phenoxy) is 2. The van der Waals surface area contributed by atoms with E-state index >= 15 is 0 Å². The maximum Gasteiger partial charge on any atom is 0.319 e. The molecule has 0 bridgehead atoms. The fourth-order valence-corrected chi connectivity index (χ4v) is 0.936. The Morgan fingerprint density at radius 1 is 1.53 bits per heavy atom. The number of nitrogens with two attached hydrogens (primary N) is 1. The predicted molar refractivity (Wildman–Crippen MR) is 57.4 cm³/mol. The van der Waals surface area contributed by atoms with Crippen LogP contribution >= 0.6 is 11.6 Å². The van der Waals surface area contributed by atoms with Gasteiger partial charge in [0.05, 0.1) is 13.3 Å².